The Morgan fingerprint density at radius 3 is 2.48 bits per heavy atom. The number of ether oxygens (including phenoxy) is 1. The van der Waals surface area contributed by atoms with E-state index in [0.717, 1.165) is 6.07 Å². The van der Waals surface area contributed by atoms with Crippen molar-refractivity contribution in [3.63, 3.8) is 0 Å². The third-order valence-corrected chi connectivity index (χ3v) is 3.21. The number of pyridine rings is 1. The number of halogens is 1. The van der Waals surface area contributed by atoms with Crippen molar-refractivity contribution in [1.29, 1.82) is 0 Å². The molecule has 0 fully saturated rings. The molecule has 1 heterocycles. The second-order valence-electron chi connectivity index (χ2n) is 5.11. The number of aromatic nitrogens is 1. The summed E-state index contributed by atoms with van der Waals surface area (Å²) < 4.78 is 19.3. The molecule has 2 aromatic rings. The van der Waals surface area contributed by atoms with Crippen molar-refractivity contribution in [2.75, 3.05) is 0 Å². The Kier molecular flexibility index (Phi) is 4.68. The van der Waals surface area contributed by atoms with E-state index in [1.165, 1.54) is 11.8 Å². The molecule has 21 heavy (non-hydrogen) atoms. The van der Waals surface area contributed by atoms with Crippen molar-refractivity contribution in [3.8, 4) is 11.6 Å². The molecule has 0 aliphatic carbocycles. The fraction of sp³-hybridized carbons (Fsp3) is 0.294. The predicted molar refractivity (Wildman–Crippen MR) is 79.4 cm³/mol. The van der Waals surface area contributed by atoms with E-state index in [9.17, 15) is 9.18 Å². The summed E-state index contributed by atoms with van der Waals surface area (Å²) in [7, 11) is 0. The van der Waals surface area contributed by atoms with Gasteiger partial charge in [-0.1, -0.05) is 32.9 Å². The molecule has 0 unspecified atom stereocenters. The van der Waals surface area contributed by atoms with Gasteiger partial charge >= 0.3 is 0 Å². The number of carbonyl (C=O) groups is 1. The summed E-state index contributed by atoms with van der Waals surface area (Å²) in [6, 6.07) is 8.60. The molecule has 0 aliphatic heterocycles. The second kappa shape index (κ2) is 6.48. The summed E-state index contributed by atoms with van der Waals surface area (Å²) in [5, 5.41) is 0. The molecule has 1 aromatic heterocycles. The minimum atomic E-state index is -0.637. The maximum atomic E-state index is 13.9. The van der Waals surface area contributed by atoms with E-state index in [-0.39, 0.29) is 17.2 Å². The van der Waals surface area contributed by atoms with E-state index in [1.807, 2.05) is 12.1 Å². The van der Waals surface area contributed by atoms with Crippen LogP contribution in [-0.4, -0.2) is 10.8 Å². The van der Waals surface area contributed by atoms with Gasteiger partial charge in [0.2, 0.25) is 0 Å². The van der Waals surface area contributed by atoms with Gasteiger partial charge in [-0.05, 0) is 29.7 Å². The first-order valence-electron chi connectivity index (χ1n) is 6.97. The number of Topliss-reactive ketones (excluding diaryl/α,β-unsaturated/α-hetero) is 1. The summed E-state index contributed by atoms with van der Waals surface area (Å²) in [6.45, 7) is 5.92. The highest BCUT2D eigenvalue weighted by Crippen LogP contribution is 2.25. The summed E-state index contributed by atoms with van der Waals surface area (Å²) >= 11 is 0. The Bertz CT molecular complexity index is 636. The van der Waals surface area contributed by atoms with E-state index in [4.69, 9.17) is 4.74 Å². The van der Waals surface area contributed by atoms with Crippen molar-refractivity contribution < 1.29 is 13.9 Å². The lowest BCUT2D eigenvalue weighted by Gasteiger charge is -2.09. The molecule has 0 aliphatic rings. The number of rotatable bonds is 5. The van der Waals surface area contributed by atoms with Crippen molar-refractivity contribution in [3.05, 3.63) is 53.5 Å². The van der Waals surface area contributed by atoms with Crippen LogP contribution in [0.2, 0.25) is 0 Å². The largest absolute Gasteiger partial charge is 0.436 e. The molecule has 0 amide bonds. The van der Waals surface area contributed by atoms with Crippen LogP contribution in [0.1, 0.15) is 49.0 Å². The lowest BCUT2D eigenvalue weighted by molar-refractivity contribution is 0.0987. The number of nitrogens with zero attached hydrogens (tertiary/aromatic N) is 1. The molecule has 1 aromatic carbocycles. The van der Waals surface area contributed by atoms with E-state index in [0.29, 0.717) is 18.1 Å². The monoisotopic (exact) mass is 287 g/mol. The van der Waals surface area contributed by atoms with E-state index >= 15 is 0 Å². The highest BCUT2D eigenvalue weighted by Gasteiger charge is 2.11. The first-order valence-corrected chi connectivity index (χ1v) is 6.97. The number of hydrogen-bond donors (Lipinski definition) is 0. The first-order chi connectivity index (χ1) is 10.0. The lowest BCUT2D eigenvalue weighted by atomic mass is 10.0. The molecule has 0 spiro atoms. The van der Waals surface area contributed by atoms with Gasteiger partial charge in [-0.2, -0.15) is 0 Å². The fourth-order valence-corrected chi connectivity index (χ4v) is 1.89. The third kappa shape index (κ3) is 3.66. The third-order valence-electron chi connectivity index (χ3n) is 3.21. The van der Waals surface area contributed by atoms with Crippen molar-refractivity contribution in [1.82, 2.24) is 4.98 Å². The van der Waals surface area contributed by atoms with Gasteiger partial charge in [-0.25, -0.2) is 9.37 Å². The molecule has 0 saturated carbocycles. The molecule has 3 nitrogen and oxygen atoms in total. The van der Waals surface area contributed by atoms with Crippen LogP contribution in [0.5, 0.6) is 11.6 Å². The smallest absolute Gasteiger partial charge is 0.255 e. The molecule has 2 rings (SSSR count). The van der Waals surface area contributed by atoms with E-state index in [1.54, 1.807) is 19.1 Å². The van der Waals surface area contributed by atoms with Gasteiger partial charge in [0.1, 0.15) is 5.75 Å². The Labute approximate surface area is 123 Å². The minimum absolute atomic E-state index is 0.125. The Morgan fingerprint density at radius 2 is 1.95 bits per heavy atom. The average Bonchev–Trinajstić information content (AvgIpc) is 2.49. The molecule has 0 N–H and O–H groups in total. The lowest BCUT2D eigenvalue weighted by Crippen LogP contribution is -2.00. The van der Waals surface area contributed by atoms with E-state index < -0.39 is 5.82 Å². The quantitative estimate of drug-likeness (QED) is 0.746. The molecule has 0 atom stereocenters. The highest BCUT2D eigenvalue weighted by molar-refractivity contribution is 5.95. The van der Waals surface area contributed by atoms with Gasteiger partial charge in [0.25, 0.3) is 5.88 Å². The number of carbonyl (C=O) groups excluding carboxylic acids is 1. The SMILES string of the molecule is CCC(=O)c1cnc(Oc2ccc(C(C)C)cc2)c(F)c1. The van der Waals surface area contributed by atoms with E-state index in [2.05, 4.69) is 18.8 Å². The topological polar surface area (TPSA) is 39.2 Å². The summed E-state index contributed by atoms with van der Waals surface area (Å²) in [6.07, 6.45) is 1.66. The summed E-state index contributed by atoms with van der Waals surface area (Å²) in [5.74, 6) is 0.0324. The zero-order valence-corrected chi connectivity index (χ0v) is 12.4. The Morgan fingerprint density at radius 1 is 1.29 bits per heavy atom. The number of hydrogen-bond acceptors (Lipinski definition) is 3. The number of benzene rings is 1. The van der Waals surface area contributed by atoms with Gasteiger partial charge in [0.05, 0.1) is 0 Å². The van der Waals surface area contributed by atoms with Gasteiger partial charge in [-0.15, -0.1) is 0 Å². The van der Waals surface area contributed by atoms with Gasteiger partial charge < -0.3 is 4.74 Å². The van der Waals surface area contributed by atoms with Crippen LogP contribution >= 0.6 is 0 Å². The van der Waals surface area contributed by atoms with Gasteiger partial charge in [0.15, 0.2) is 11.6 Å². The zero-order chi connectivity index (χ0) is 15.4. The van der Waals surface area contributed by atoms with Crippen molar-refractivity contribution in [2.45, 2.75) is 33.1 Å². The van der Waals surface area contributed by atoms with Crippen molar-refractivity contribution >= 4 is 5.78 Å². The normalized spacial score (nSPS) is 10.7. The van der Waals surface area contributed by atoms with Crippen LogP contribution in [0.4, 0.5) is 4.39 Å². The van der Waals surface area contributed by atoms with Crippen LogP contribution in [0.25, 0.3) is 0 Å². The molecule has 110 valence electrons. The average molecular weight is 287 g/mol. The highest BCUT2D eigenvalue weighted by atomic mass is 19.1. The predicted octanol–water partition coefficient (Wildman–Crippen LogP) is 4.73. The Hall–Kier alpha value is -2.23. The first kappa shape index (κ1) is 15.2. The molecule has 0 saturated heterocycles. The van der Waals surface area contributed by atoms with Gasteiger partial charge in [-0.3, -0.25) is 4.79 Å². The zero-order valence-electron chi connectivity index (χ0n) is 12.4. The second-order valence-corrected chi connectivity index (χ2v) is 5.11. The van der Waals surface area contributed by atoms with Crippen LogP contribution in [0.15, 0.2) is 36.5 Å². The molecule has 0 bridgehead atoms. The summed E-state index contributed by atoms with van der Waals surface area (Å²) in [5.41, 5.74) is 1.44. The van der Waals surface area contributed by atoms with Crippen molar-refractivity contribution in [2.24, 2.45) is 0 Å². The minimum Gasteiger partial charge on any atom is -0.436 e. The molecular formula is C17H18FNO2. The van der Waals surface area contributed by atoms with Crippen LogP contribution in [-0.2, 0) is 0 Å². The molecular weight excluding hydrogens is 269 g/mol. The maximum absolute atomic E-state index is 13.9. The van der Waals surface area contributed by atoms with Crippen LogP contribution in [0.3, 0.4) is 0 Å². The Balaban J connectivity index is 2.18. The van der Waals surface area contributed by atoms with Crippen LogP contribution in [0, 0.1) is 5.82 Å². The van der Waals surface area contributed by atoms with Gasteiger partial charge in [0, 0.05) is 18.2 Å². The maximum Gasteiger partial charge on any atom is 0.255 e. The molecule has 0 radical (unpaired) electrons. The molecule has 4 heteroatoms. The number of ketones is 1. The fourth-order valence-electron chi connectivity index (χ4n) is 1.89. The standard InChI is InChI=1S/C17H18FNO2/c1-4-16(20)13-9-15(18)17(19-10-13)21-14-7-5-12(6-8-14)11(2)3/h5-11H,4H2,1-3H3. The van der Waals surface area contributed by atoms with Crippen LogP contribution < -0.4 is 4.74 Å². The summed E-state index contributed by atoms with van der Waals surface area (Å²) in [4.78, 5) is 15.4.